The fraction of sp³-hybridized carbons (Fsp3) is 0.588. The summed E-state index contributed by atoms with van der Waals surface area (Å²) in [6, 6.07) is 6.03. The smallest absolute Gasteiger partial charge is 0.251 e. The molecule has 0 aliphatic rings. The second-order valence-electron chi connectivity index (χ2n) is 5.68. The van der Waals surface area contributed by atoms with Crippen molar-refractivity contribution in [2.45, 2.75) is 53.5 Å². The van der Waals surface area contributed by atoms with Gasteiger partial charge in [0.05, 0.1) is 0 Å². The minimum Gasteiger partial charge on any atom is -0.385 e. The van der Waals surface area contributed by atoms with Gasteiger partial charge in [-0.1, -0.05) is 20.3 Å². The number of carbonyl (C=O) groups excluding carboxylic acids is 1. The van der Waals surface area contributed by atoms with Gasteiger partial charge in [-0.3, -0.25) is 4.79 Å². The van der Waals surface area contributed by atoms with Gasteiger partial charge in [-0.15, -0.1) is 0 Å². The summed E-state index contributed by atoms with van der Waals surface area (Å²) in [7, 11) is 0. The Kier molecular flexibility index (Phi) is 6.56. The maximum absolute atomic E-state index is 12.2. The highest BCUT2D eigenvalue weighted by Gasteiger charge is 2.12. The van der Waals surface area contributed by atoms with Gasteiger partial charge in [0.2, 0.25) is 0 Å². The average molecular weight is 276 g/mol. The van der Waals surface area contributed by atoms with Crippen molar-refractivity contribution in [2.75, 3.05) is 11.9 Å². The minimum absolute atomic E-state index is 0.0203. The highest BCUT2D eigenvalue weighted by molar-refractivity contribution is 5.95. The molecule has 1 aromatic carbocycles. The third-order valence-electron chi connectivity index (χ3n) is 3.69. The molecule has 1 aromatic rings. The standard InChI is InChI=1S/C17H28N2O/c1-6-12(3)10-14(5)19-17(20)15-8-9-16(18-7-2)13(4)11-15/h8-9,11-12,14,18H,6-7,10H2,1-5H3,(H,19,20). The fourth-order valence-electron chi connectivity index (χ4n) is 2.33. The summed E-state index contributed by atoms with van der Waals surface area (Å²) in [6.07, 6.45) is 2.17. The van der Waals surface area contributed by atoms with Crippen LogP contribution >= 0.6 is 0 Å². The van der Waals surface area contributed by atoms with Crippen molar-refractivity contribution in [1.29, 1.82) is 0 Å². The van der Waals surface area contributed by atoms with E-state index in [1.807, 2.05) is 25.1 Å². The van der Waals surface area contributed by atoms with Gasteiger partial charge in [-0.2, -0.15) is 0 Å². The Hall–Kier alpha value is -1.51. The molecule has 1 rings (SSSR count). The molecule has 0 radical (unpaired) electrons. The van der Waals surface area contributed by atoms with Crippen LogP contribution in [0.1, 0.15) is 56.5 Å². The summed E-state index contributed by atoms with van der Waals surface area (Å²) in [4.78, 5) is 12.2. The van der Waals surface area contributed by atoms with Crippen molar-refractivity contribution < 1.29 is 4.79 Å². The molecule has 1 amide bonds. The Morgan fingerprint density at radius 1 is 1.25 bits per heavy atom. The van der Waals surface area contributed by atoms with Crippen molar-refractivity contribution in [3.05, 3.63) is 29.3 Å². The van der Waals surface area contributed by atoms with E-state index in [-0.39, 0.29) is 11.9 Å². The highest BCUT2D eigenvalue weighted by atomic mass is 16.1. The maximum atomic E-state index is 12.2. The molecule has 0 heterocycles. The van der Waals surface area contributed by atoms with Gasteiger partial charge in [0.25, 0.3) is 5.91 Å². The molecule has 2 atom stereocenters. The van der Waals surface area contributed by atoms with Crippen molar-refractivity contribution in [3.8, 4) is 0 Å². The van der Waals surface area contributed by atoms with Gasteiger partial charge in [0.15, 0.2) is 0 Å². The van der Waals surface area contributed by atoms with Gasteiger partial charge < -0.3 is 10.6 Å². The molecular weight excluding hydrogens is 248 g/mol. The van der Waals surface area contributed by atoms with E-state index >= 15 is 0 Å². The first-order chi connectivity index (χ1) is 9.47. The van der Waals surface area contributed by atoms with Crippen LogP contribution in [-0.4, -0.2) is 18.5 Å². The zero-order valence-corrected chi connectivity index (χ0v) is 13.4. The number of aryl methyl sites for hydroxylation is 1. The molecule has 3 nitrogen and oxygen atoms in total. The monoisotopic (exact) mass is 276 g/mol. The summed E-state index contributed by atoms with van der Waals surface area (Å²) in [5, 5.41) is 6.37. The lowest BCUT2D eigenvalue weighted by Crippen LogP contribution is -2.33. The molecule has 0 aliphatic carbocycles. The van der Waals surface area contributed by atoms with Crippen LogP contribution in [-0.2, 0) is 0 Å². The Bertz CT molecular complexity index is 443. The first-order valence-electron chi connectivity index (χ1n) is 7.63. The van der Waals surface area contributed by atoms with E-state index in [9.17, 15) is 4.79 Å². The molecule has 112 valence electrons. The molecule has 0 aliphatic heterocycles. The number of nitrogens with one attached hydrogen (secondary N) is 2. The van der Waals surface area contributed by atoms with E-state index in [0.29, 0.717) is 5.92 Å². The molecule has 0 saturated carbocycles. The number of benzene rings is 1. The third-order valence-corrected chi connectivity index (χ3v) is 3.69. The Morgan fingerprint density at radius 2 is 1.95 bits per heavy atom. The highest BCUT2D eigenvalue weighted by Crippen LogP contribution is 2.17. The van der Waals surface area contributed by atoms with Crippen LogP contribution < -0.4 is 10.6 Å². The number of rotatable bonds is 7. The molecule has 20 heavy (non-hydrogen) atoms. The summed E-state index contributed by atoms with van der Waals surface area (Å²) in [6.45, 7) is 11.5. The van der Waals surface area contributed by atoms with Crippen LogP contribution in [0.3, 0.4) is 0 Å². The zero-order valence-electron chi connectivity index (χ0n) is 13.4. The van der Waals surface area contributed by atoms with Crippen LogP contribution in [0.25, 0.3) is 0 Å². The first kappa shape index (κ1) is 16.5. The Morgan fingerprint density at radius 3 is 2.50 bits per heavy atom. The van der Waals surface area contributed by atoms with E-state index in [4.69, 9.17) is 0 Å². The van der Waals surface area contributed by atoms with Crippen molar-refractivity contribution in [2.24, 2.45) is 5.92 Å². The van der Waals surface area contributed by atoms with Gasteiger partial charge in [0.1, 0.15) is 0 Å². The summed E-state index contributed by atoms with van der Waals surface area (Å²) < 4.78 is 0. The predicted octanol–water partition coefficient (Wildman–Crippen LogP) is 3.98. The topological polar surface area (TPSA) is 41.1 Å². The van der Waals surface area contributed by atoms with Crippen LogP contribution in [0.15, 0.2) is 18.2 Å². The second kappa shape index (κ2) is 7.93. The average Bonchev–Trinajstić information content (AvgIpc) is 2.40. The molecule has 0 spiro atoms. The molecular formula is C17H28N2O. The predicted molar refractivity (Wildman–Crippen MR) is 86.3 cm³/mol. The maximum Gasteiger partial charge on any atom is 0.251 e. The third kappa shape index (κ3) is 4.87. The number of hydrogen-bond acceptors (Lipinski definition) is 2. The van der Waals surface area contributed by atoms with Crippen LogP contribution in [0.2, 0.25) is 0 Å². The van der Waals surface area contributed by atoms with E-state index in [1.54, 1.807) is 0 Å². The van der Waals surface area contributed by atoms with Crippen molar-refractivity contribution in [3.63, 3.8) is 0 Å². The summed E-state index contributed by atoms with van der Waals surface area (Å²) in [5.41, 5.74) is 2.94. The van der Waals surface area contributed by atoms with Gasteiger partial charge >= 0.3 is 0 Å². The minimum atomic E-state index is 0.0203. The molecule has 0 aromatic heterocycles. The van der Waals surface area contributed by atoms with Crippen LogP contribution in [0.4, 0.5) is 5.69 Å². The SMILES string of the molecule is CCNc1ccc(C(=O)NC(C)CC(C)CC)cc1C. The van der Waals surface area contributed by atoms with Gasteiger partial charge in [-0.05, 0) is 56.9 Å². The largest absolute Gasteiger partial charge is 0.385 e. The quantitative estimate of drug-likeness (QED) is 0.791. The number of anilines is 1. The van der Waals surface area contributed by atoms with E-state index in [2.05, 4.69) is 38.3 Å². The van der Waals surface area contributed by atoms with E-state index in [1.165, 1.54) is 0 Å². The second-order valence-corrected chi connectivity index (χ2v) is 5.68. The molecule has 2 unspecified atom stereocenters. The summed E-state index contributed by atoms with van der Waals surface area (Å²) in [5.74, 6) is 0.662. The van der Waals surface area contributed by atoms with Crippen LogP contribution in [0.5, 0.6) is 0 Å². The van der Waals surface area contributed by atoms with Gasteiger partial charge in [-0.25, -0.2) is 0 Å². The lowest BCUT2D eigenvalue weighted by atomic mass is 10.00. The normalized spacial score (nSPS) is 13.7. The lowest BCUT2D eigenvalue weighted by Gasteiger charge is -2.18. The molecule has 0 bridgehead atoms. The molecule has 0 fully saturated rings. The fourth-order valence-corrected chi connectivity index (χ4v) is 2.33. The first-order valence-corrected chi connectivity index (χ1v) is 7.63. The van der Waals surface area contributed by atoms with E-state index in [0.717, 1.165) is 36.2 Å². The summed E-state index contributed by atoms with van der Waals surface area (Å²) >= 11 is 0. The zero-order chi connectivity index (χ0) is 15.1. The number of amides is 1. The number of hydrogen-bond donors (Lipinski definition) is 2. The van der Waals surface area contributed by atoms with Gasteiger partial charge in [0, 0.05) is 23.8 Å². The van der Waals surface area contributed by atoms with Crippen LogP contribution in [0, 0.1) is 12.8 Å². The molecule has 3 heteroatoms. The Labute approximate surface area is 123 Å². The number of carbonyl (C=O) groups is 1. The lowest BCUT2D eigenvalue weighted by molar-refractivity contribution is 0.0935. The van der Waals surface area contributed by atoms with Crippen molar-refractivity contribution >= 4 is 11.6 Å². The van der Waals surface area contributed by atoms with E-state index < -0.39 is 0 Å². The molecule has 0 saturated heterocycles. The van der Waals surface area contributed by atoms with Crippen molar-refractivity contribution in [1.82, 2.24) is 5.32 Å². The Balaban J connectivity index is 2.66. The molecule has 2 N–H and O–H groups in total.